The molecule has 0 radical (unpaired) electrons. The van der Waals surface area contributed by atoms with Gasteiger partial charge in [0.25, 0.3) is 10.0 Å². The second kappa shape index (κ2) is 8.23. The molecule has 1 heterocycles. The van der Waals surface area contributed by atoms with Gasteiger partial charge in [0.15, 0.2) is 0 Å². The van der Waals surface area contributed by atoms with E-state index in [1.165, 1.54) is 5.56 Å². The van der Waals surface area contributed by atoms with E-state index in [1.54, 1.807) is 30.3 Å². The summed E-state index contributed by atoms with van der Waals surface area (Å²) in [5, 5.41) is 1.01. The summed E-state index contributed by atoms with van der Waals surface area (Å²) in [6.45, 7) is 9.34. The normalized spacial score (nSPS) is 16.8. The first kappa shape index (κ1) is 21.8. The summed E-state index contributed by atoms with van der Waals surface area (Å²) in [4.78, 5) is 0.204. The third-order valence-corrected chi connectivity index (χ3v) is 8.16. The van der Waals surface area contributed by atoms with Crippen molar-refractivity contribution < 1.29 is 17.6 Å². The van der Waals surface area contributed by atoms with Crippen molar-refractivity contribution >= 4 is 26.7 Å². The largest absolute Gasteiger partial charge is 0.494 e. The summed E-state index contributed by atoms with van der Waals surface area (Å²) in [5.74, 6) is 2.29. The molecule has 1 aromatic heterocycles. The van der Waals surface area contributed by atoms with Crippen LogP contribution in [0.5, 0.6) is 5.75 Å². The molecule has 0 saturated carbocycles. The average molecular weight is 442 g/mol. The fourth-order valence-electron chi connectivity index (χ4n) is 4.39. The molecule has 0 spiro atoms. The minimum atomic E-state index is -3.69. The summed E-state index contributed by atoms with van der Waals surface area (Å²) in [5.41, 5.74) is 2.87. The molecule has 0 bridgehead atoms. The maximum atomic E-state index is 12.9. The molecule has 0 fully saturated rings. The van der Waals surface area contributed by atoms with Crippen LogP contribution in [-0.4, -0.2) is 15.0 Å². The lowest BCUT2D eigenvalue weighted by molar-refractivity contribution is 0.179. The number of hydrogen-bond acceptors (Lipinski definition) is 4. The minimum Gasteiger partial charge on any atom is -0.494 e. The number of fused-ring (bicyclic) bond motifs is 3. The van der Waals surface area contributed by atoms with Gasteiger partial charge in [-0.15, -0.1) is 0 Å². The highest BCUT2D eigenvalue weighted by atomic mass is 32.2. The molecule has 166 valence electrons. The highest BCUT2D eigenvalue weighted by molar-refractivity contribution is 7.92. The van der Waals surface area contributed by atoms with Crippen molar-refractivity contribution in [2.45, 2.75) is 58.3 Å². The molecule has 1 aliphatic carbocycles. The summed E-state index contributed by atoms with van der Waals surface area (Å²) >= 11 is 0. The lowest BCUT2D eigenvalue weighted by Crippen LogP contribution is -2.28. The fourth-order valence-corrected chi connectivity index (χ4v) is 5.44. The molecule has 1 N–H and O–H groups in total. The molecule has 0 saturated heterocycles. The van der Waals surface area contributed by atoms with Gasteiger partial charge < -0.3 is 9.15 Å². The molecule has 2 aromatic carbocycles. The third kappa shape index (κ3) is 4.31. The van der Waals surface area contributed by atoms with Crippen molar-refractivity contribution in [2.24, 2.45) is 11.3 Å². The zero-order valence-corrected chi connectivity index (χ0v) is 19.5. The predicted molar refractivity (Wildman–Crippen MR) is 124 cm³/mol. The number of ether oxygens (including phenoxy) is 1. The van der Waals surface area contributed by atoms with Crippen LogP contribution in [0.15, 0.2) is 51.8 Å². The van der Waals surface area contributed by atoms with Gasteiger partial charge in [-0.2, -0.15) is 0 Å². The summed E-state index contributed by atoms with van der Waals surface area (Å²) < 4.78 is 40.0. The Kier molecular flexibility index (Phi) is 5.77. The second-order valence-electron chi connectivity index (χ2n) is 9.01. The maximum absolute atomic E-state index is 12.9. The van der Waals surface area contributed by atoms with Crippen molar-refractivity contribution in [2.75, 3.05) is 11.3 Å². The monoisotopic (exact) mass is 441 g/mol. The van der Waals surface area contributed by atoms with Crippen LogP contribution in [0.4, 0.5) is 5.69 Å². The number of sulfonamides is 1. The number of benzene rings is 2. The number of aryl methyl sites for hydroxylation is 1. The molecule has 0 amide bonds. The highest BCUT2D eigenvalue weighted by Gasteiger charge is 2.33. The van der Waals surface area contributed by atoms with Crippen molar-refractivity contribution in [3.8, 4) is 5.75 Å². The Bertz CT molecular complexity index is 1180. The van der Waals surface area contributed by atoms with E-state index in [0.717, 1.165) is 42.4 Å². The third-order valence-electron chi connectivity index (χ3n) is 6.76. The van der Waals surface area contributed by atoms with Crippen LogP contribution in [0.3, 0.4) is 0 Å². The van der Waals surface area contributed by atoms with Gasteiger partial charge in [-0.3, -0.25) is 4.72 Å². The van der Waals surface area contributed by atoms with Crippen LogP contribution in [0, 0.1) is 11.3 Å². The Labute approximate surface area is 184 Å². The molecule has 1 atom stereocenters. The number of hydrogen-bond donors (Lipinski definition) is 1. The Hall–Kier alpha value is -2.47. The number of anilines is 1. The molecule has 4 rings (SSSR count). The number of furan rings is 1. The van der Waals surface area contributed by atoms with Crippen LogP contribution in [0.1, 0.15) is 51.9 Å². The van der Waals surface area contributed by atoms with Crippen molar-refractivity contribution in [3.05, 3.63) is 53.8 Å². The van der Waals surface area contributed by atoms with Gasteiger partial charge in [0, 0.05) is 23.1 Å². The van der Waals surface area contributed by atoms with Gasteiger partial charge in [0.1, 0.15) is 17.1 Å². The average Bonchev–Trinajstić information content (AvgIpc) is 3.11. The topological polar surface area (TPSA) is 68.5 Å². The van der Waals surface area contributed by atoms with E-state index in [2.05, 4.69) is 25.5 Å². The first-order valence-electron chi connectivity index (χ1n) is 11.0. The van der Waals surface area contributed by atoms with Crippen LogP contribution in [0.2, 0.25) is 0 Å². The molecule has 1 aliphatic rings. The molecule has 5 nitrogen and oxygen atoms in total. The second-order valence-corrected chi connectivity index (χ2v) is 10.7. The molecule has 6 heteroatoms. The van der Waals surface area contributed by atoms with Gasteiger partial charge in [0.05, 0.1) is 11.5 Å². The van der Waals surface area contributed by atoms with Crippen LogP contribution in [-0.2, 0) is 22.9 Å². The quantitative estimate of drug-likeness (QED) is 0.476. The smallest absolute Gasteiger partial charge is 0.261 e. The molecule has 3 aromatic rings. The lowest BCUT2D eigenvalue weighted by atomic mass is 9.69. The molecule has 0 unspecified atom stereocenters. The van der Waals surface area contributed by atoms with Crippen molar-refractivity contribution in [3.63, 3.8) is 0 Å². The van der Waals surface area contributed by atoms with E-state index >= 15 is 0 Å². The zero-order chi connectivity index (χ0) is 22.2. The van der Waals surface area contributed by atoms with E-state index in [0.29, 0.717) is 24.0 Å². The lowest BCUT2D eigenvalue weighted by Gasteiger charge is -2.36. The predicted octanol–water partition coefficient (Wildman–Crippen LogP) is 6.17. The van der Waals surface area contributed by atoms with Gasteiger partial charge >= 0.3 is 0 Å². The standard InChI is InChI=1S/C25H31NO4S/c1-5-25(3,4)17-7-13-23-21(15-17)22-16-18(8-14-24(22)30-23)26-31(27,28)20-11-9-19(10-12-20)29-6-2/h8-12,14,16-17,26H,5-7,13,15H2,1-4H3/t17-/m1/s1. The van der Waals surface area contributed by atoms with Gasteiger partial charge in [-0.05, 0) is 73.6 Å². The first-order chi connectivity index (χ1) is 14.7. The Morgan fingerprint density at radius 2 is 1.87 bits per heavy atom. The van der Waals surface area contributed by atoms with Crippen LogP contribution < -0.4 is 9.46 Å². The van der Waals surface area contributed by atoms with Gasteiger partial charge in [-0.25, -0.2) is 8.42 Å². The van der Waals surface area contributed by atoms with E-state index < -0.39 is 10.0 Å². The van der Waals surface area contributed by atoms with Crippen molar-refractivity contribution in [1.29, 1.82) is 0 Å². The first-order valence-corrected chi connectivity index (χ1v) is 12.5. The Morgan fingerprint density at radius 1 is 1.13 bits per heavy atom. The van der Waals surface area contributed by atoms with Gasteiger partial charge in [-0.1, -0.05) is 27.2 Å². The molecular weight excluding hydrogens is 410 g/mol. The van der Waals surface area contributed by atoms with E-state index in [-0.39, 0.29) is 10.3 Å². The Morgan fingerprint density at radius 3 is 2.55 bits per heavy atom. The summed E-state index contributed by atoms with van der Waals surface area (Å²) in [6, 6.07) is 12.0. The number of nitrogens with one attached hydrogen (secondary N) is 1. The molecule has 31 heavy (non-hydrogen) atoms. The molecular formula is C25H31NO4S. The van der Waals surface area contributed by atoms with E-state index in [1.807, 2.05) is 19.1 Å². The van der Waals surface area contributed by atoms with E-state index in [4.69, 9.17) is 9.15 Å². The summed E-state index contributed by atoms with van der Waals surface area (Å²) in [6.07, 6.45) is 4.17. The SMILES string of the molecule is CCOc1ccc(S(=O)(=O)Nc2ccc3oc4c(c3c2)C[C@H](C(C)(C)CC)CC4)cc1. The minimum absolute atomic E-state index is 0.204. The summed E-state index contributed by atoms with van der Waals surface area (Å²) in [7, 11) is -3.69. The van der Waals surface area contributed by atoms with Crippen LogP contribution >= 0.6 is 0 Å². The van der Waals surface area contributed by atoms with Crippen molar-refractivity contribution in [1.82, 2.24) is 0 Å². The van der Waals surface area contributed by atoms with Gasteiger partial charge in [0.2, 0.25) is 0 Å². The van der Waals surface area contributed by atoms with E-state index in [9.17, 15) is 8.42 Å². The van der Waals surface area contributed by atoms with Crippen LogP contribution in [0.25, 0.3) is 11.0 Å². The zero-order valence-electron chi connectivity index (χ0n) is 18.7. The highest BCUT2D eigenvalue weighted by Crippen LogP contribution is 2.43. The Balaban J connectivity index is 1.62. The molecule has 0 aliphatic heterocycles. The fraction of sp³-hybridized carbons (Fsp3) is 0.440. The number of rotatable bonds is 7. The maximum Gasteiger partial charge on any atom is 0.261 e.